The quantitative estimate of drug-likeness (QED) is 0.777. The van der Waals surface area contributed by atoms with Gasteiger partial charge < -0.3 is 20.3 Å². The third-order valence-electron chi connectivity index (χ3n) is 2.09. The van der Waals surface area contributed by atoms with Gasteiger partial charge in [-0.2, -0.15) is 0 Å². The van der Waals surface area contributed by atoms with E-state index in [4.69, 9.17) is 20.3 Å². The minimum Gasteiger partial charge on any atom is -0.493 e. The smallest absolute Gasteiger partial charge is 0.326 e. The van der Waals surface area contributed by atoms with Gasteiger partial charge in [-0.05, 0) is 19.1 Å². The Morgan fingerprint density at radius 2 is 2.00 bits per heavy atom. The highest BCUT2D eigenvalue weighted by Gasteiger charge is 2.29. The molecule has 1 unspecified atom stereocenters. The molecule has 1 rings (SSSR count). The van der Waals surface area contributed by atoms with E-state index >= 15 is 0 Å². The van der Waals surface area contributed by atoms with Crippen LogP contribution in [0.15, 0.2) is 24.3 Å². The summed E-state index contributed by atoms with van der Waals surface area (Å²) in [6.07, 6.45) is 0. The number of carboxylic acid groups (broad SMARTS) is 1. The van der Waals surface area contributed by atoms with Crippen LogP contribution >= 0.6 is 0 Å². The molecule has 0 aliphatic rings. The van der Waals surface area contributed by atoms with Crippen molar-refractivity contribution in [2.75, 3.05) is 13.7 Å². The van der Waals surface area contributed by atoms with Crippen molar-refractivity contribution < 1.29 is 19.4 Å². The number of nitrogens with two attached hydrogens (primary N) is 1. The topological polar surface area (TPSA) is 81.8 Å². The van der Waals surface area contributed by atoms with E-state index in [9.17, 15) is 4.79 Å². The van der Waals surface area contributed by atoms with Crippen LogP contribution in [0.1, 0.15) is 6.92 Å². The van der Waals surface area contributed by atoms with Crippen LogP contribution in [-0.4, -0.2) is 30.3 Å². The first-order chi connectivity index (χ1) is 7.47. The number of hydrogen-bond acceptors (Lipinski definition) is 4. The highest BCUT2D eigenvalue weighted by atomic mass is 16.5. The van der Waals surface area contributed by atoms with E-state index < -0.39 is 11.5 Å². The molecule has 0 saturated heterocycles. The monoisotopic (exact) mass is 225 g/mol. The molecular formula is C11H15NO4. The number of ether oxygens (including phenoxy) is 2. The standard InChI is InChI=1S/C11H15NO4/c1-11(12,10(13)14)7-16-9-6-4-3-5-8(9)15-2/h3-6H,7,12H2,1-2H3,(H,13,14). The molecule has 88 valence electrons. The highest BCUT2D eigenvalue weighted by Crippen LogP contribution is 2.26. The minimum absolute atomic E-state index is 0.122. The molecule has 0 bridgehead atoms. The number of carboxylic acids is 1. The van der Waals surface area contributed by atoms with Crippen LogP contribution in [0.4, 0.5) is 0 Å². The van der Waals surface area contributed by atoms with E-state index in [1.807, 2.05) is 0 Å². The number of para-hydroxylation sites is 2. The fraction of sp³-hybridized carbons (Fsp3) is 0.364. The van der Waals surface area contributed by atoms with Gasteiger partial charge in [0, 0.05) is 0 Å². The SMILES string of the molecule is COc1ccccc1OCC(C)(N)C(=O)O. The number of hydrogen-bond donors (Lipinski definition) is 2. The fourth-order valence-corrected chi connectivity index (χ4v) is 1.03. The van der Waals surface area contributed by atoms with Crippen molar-refractivity contribution in [2.24, 2.45) is 5.73 Å². The summed E-state index contributed by atoms with van der Waals surface area (Å²) in [6.45, 7) is 1.27. The van der Waals surface area contributed by atoms with Crippen LogP contribution in [0.2, 0.25) is 0 Å². The van der Waals surface area contributed by atoms with Crippen LogP contribution < -0.4 is 15.2 Å². The Kier molecular flexibility index (Phi) is 3.73. The molecule has 1 aromatic rings. The van der Waals surface area contributed by atoms with Crippen molar-refractivity contribution in [3.8, 4) is 11.5 Å². The molecule has 0 aliphatic carbocycles. The van der Waals surface area contributed by atoms with E-state index in [1.54, 1.807) is 24.3 Å². The Morgan fingerprint density at radius 3 is 2.50 bits per heavy atom. The number of benzene rings is 1. The lowest BCUT2D eigenvalue weighted by Crippen LogP contribution is -2.49. The molecule has 1 atom stereocenters. The van der Waals surface area contributed by atoms with Crippen molar-refractivity contribution in [3.63, 3.8) is 0 Å². The highest BCUT2D eigenvalue weighted by molar-refractivity contribution is 5.78. The van der Waals surface area contributed by atoms with Crippen molar-refractivity contribution in [3.05, 3.63) is 24.3 Å². The molecule has 5 heteroatoms. The molecular weight excluding hydrogens is 210 g/mol. The van der Waals surface area contributed by atoms with Crippen molar-refractivity contribution >= 4 is 5.97 Å². The van der Waals surface area contributed by atoms with Crippen molar-refractivity contribution in [1.29, 1.82) is 0 Å². The van der Waals surface area contributed by atoms with Gasteiger partial charge in [-0.1, -0.05) is 12.1 Å². The summed E-state index contributed by atoms with van der Waals surface area (Å²) < 4.78 is 10.4. The van der Waals surface area contributed by atoms with Gasteiger partial charge in [-0.15, -0.1) is 0 Å². The fourth-order valence-electron chi connectivity index (χ4n) is 1.03. The van der Waals surface area contributed by atoms with Crippen LogP contribution in [0.5, 0.6) is 11.5 Å². The van der Waals surface area contributed by atoms with Crippen LogP contribution in [0.25, 0.3) is 0 Å². The van der Waals surface area contributed by atoms with E-state index in [0.717, 1.165) is 0 Å². The molecule has 0 radical (unpaired) electrons. The number of carbonyl (C=O) groups is 1. The summed E-state index contributed by atoms with van der Waals surface area (Å²) in [6, 6.07) is 6.98. The zero-order valence-corrected chi connectivity index (χ0v) is 9.27. The van der Waals surface area contributed by atoms with Gasteiger partial charge in [0.15, 0.2) is 11.5 Å². The van der Waals surface area contributed by atoms with Gasteiger partial charge in [0.05, 0.1) is 7.11 Å². The van der Waals surface area contributed by atoms with Gasteiger partial charge in [0.25, 0.3) is 0 Å². The predicted molar refractivity (Wildman–Crippen MR) is 58.7 cm³/mol. The largest absolute Gasteiger partial charge is 0.493 e. The van der Waals surface area contributed by atoms with Crippen LogP contribution in [0.3, 0.4) is 0 Å². The molecule has 5 nitrogen and oxygen atoms in total. The first kappa shape index (κ1) is 12.3. The predicted octanol–water partition coefficient (Wildman–Crippen LogP) is 0.876. The van der Waals surface area contributed by atoms with E-state index in [2.05, 4.69) is 0 Å². The first-order valence-electron chi connectivity index (χ1n) is 4.75. The average Bonchev–Trinajstić information content (AvgIpc) is 2.26. The number of aliphatic carboxylic acids is 1. The van der Waals surface area contributed by atoms with Crippen molar-refractivity contribution in [1.82, 2.24) is 0 Å². The molecule has 0 saturated carbocycles. The zero-order valence-electron chi connectivity index (χ0n) is 9.27. The summed E-state index contributed by atoms with van der Waals surface area (Å²) in [5.74, 6) is -0.0889. The molecule has 0 heterocycles. The second-order valence-electron chi connectivity index (χ2n) is 3.66. The van der Waals surface area contributed by atoms with E-state index in [0.29, 0.717) is 11.5 Å². The Balaban J connectivity index is 2.71. The molecule has 16 heavy (non-hydrogen) atoms. The summed E-state index contributed by atoms with van der Waals surface area (Å²) in [7, 11) is 1.51. The lowest BCUT2D eigenvalue weighted by atomic mass is 10.1. The maximum absolute atomic E-state index is 10.8. The lowest BCUT2D eigenvalue weighted by Gasteiger charge is -2.20. The first-order valence-corrected chi connectivity index (χ1v) is 4.75. The van der Waals surface area contributed by atoms with Gasteiger partial charge >= 0.3 is 5.97 Å². The van der Waals surface area contributed by atoms with Crippen LogP contribution in [0, 0.1) is 0 Å². The Bertz CT molecular complexity index is 376. The van der Waals surface area contributed by atoms with E-state index in [-0.39, 0.29) is 6.61 Å². The second kappa shape index (κ2) is 4.85. The number of rotatable bonds is 5. The number of methoxy groups -OCH3 is 1. The Labute approximate surface area is 93.8 Å². The maximum Gasteiger partial charge on any atom is 0.326 e. The van der Waals surface area contributed by atoms with Gasteiger partial charge in [0.1, 0.15) is 12.1 Å². The average molecular weight is 225 g/mol. The zero-order chi connectivity index (χ0) is 12.2. The normalized spacial score (nSPS) is 13.9. The summed E-state index contributed by atoms with van der Waals surface area (Å²) in [5.41, 5.74) is 4.12. The molecule has 0 fully saturated rings. The van der Waals surface area contributed by atoms with Gasteiger partial charge in [-0.3, -0.25) is 4.79 Å². The molecule has 3 N–H and O–H groups in total. The summed E-state index contributed by atoms with van der Waals surface area (Å²) in [5, 5.41) is 8.81. The minimum atomic E-state index is -1.42. The maximum atomic E-state index is 10.8. The van der Waals surface area contributed by atoms with Crippen molar-refractivity contribution in [2.45, 2.75) is 12.5 Å². The molecule has 1 aromatic carbocycles. The summed E-state index contributed by atoms with van der Waals surface area (Å²) >= 11 is 0. The molecule has 0 amide bonds. The second-order valence-corrected chi connectivity index (χ2v) is 3.66. The third kappa shape index (κ3) is 2.87. The molecule has 0 aliphatic heterocycles. The molecule has 0 spiro atoms. The Hall–Kier alpha value is -1.75. The Morgan fingerprint density at radius 1 is 1.44 bits per heavy atom. The van der Waals surface area contributed by atoms with Crippen LogP contribution in [-0.2, 0) is 4.79 Å². The van der Waals surface area contributed by atoms with Gasteiger partial charge in [-0.25, -0.2) is 0 Å². The third-order valence-corrected chi connectivity index (χ3v) is 2.09. The van der Waals surface area contributed by atoms with E-state index in [1.165, 1.54) is 14.0 Å². The molecule has 0 aromatic heterocycles. The summed E-state index contributed by atoms with van der Waals surface area (Å²) in [4.78, 5) is 10.8. The van der Waals surface area contributed by atoms with Gasteiger partial charge in [0.2, 0.25) is 0 Å². The lowest BCUT2D eigenvalue weighted by molar-refractivity contribution is -0.143.